The molecule has 8 nitrogen and oxygen atoms in total. The van der Waals surface area contributed by atoms with Gasteiger partial charge in [0.2, 0.25) is 0 Å². The average molecular weight is 362 g/mol. The molecular formula is C8H16Cl2CoN4O4. The summed E-state index contributed by atoms with van der Waals surface area (Å²) in [5.41, 5.74) is 1.25. The molecule has 11 heteroatoms. The summed E-state index contributed by atoms with van der Waals surface area (Å²) in [4.78, 5) is 0. The Bertz CT molecular complexity index is 271. The van der Waals surface area contributed by atoms with E-state index in [-0.39, 0.29) is 41.6 Å². The Morgan fingerprint density at radius 3 is 0.684 bits per heavy atom. The van der Waals surface area contributed by atoms with Crippen LogP contribution >= 0.6 is 0 Å². The second-order valence-electron chi connectivity index (χ2n) is 2.74. The third-order valence-corrected chi connectivity index (χ3v) is 1.65. The molecule has 0 rings (SSSR count). The van der Waals surface area contributed by atoms with Crippen molar-refractivity contribution in [3.8, 4) is 0 Å². The molecular weight excluding hydrogens is 346 g/mol. The minimum absolute atomic E-state index is 0. The summed E-state index contributed by atoms with van der Waals surface area (Å²) in [5.74, 6) is 0. The Balaban J connectivity index is -0.0000000594. The van der Waals surface area contributed by atoms with Crippen molar-refractivity contribution < 1.29 is 62.4 Å². The van der Waals surface area contributed by atoms with Gasteiger partial charge in [-0.3, -0.25) is 0 Å². The topological polar surface area (TPSA) is 130 Å². The first-order chi connectivity index (χ1) is 7.44. The summed E-state index contributed by atoms with van der Waals surface area (Å²) < 4.78 is 0. The van der Waals surface area contributed by atoms with Crippen LogP contribution in [0.1, 0.15) is 27.7 Å². The molecule has 0 aliphatic carbocycles. The number of rotatable bonds is 2. The summed E-state index contributed by atoms with van der Waals surface area (Å²) in [5, 5.41) is 43.3. The minimum atomic E-state index is 0. The van der Waals surface area contributed by atoms with Crippen molar-refractivity contribution in [1.29, 1.82) is 0 Å². The van der Waals surface area contributed by atoms with Crippen molar-refractivity contribution in [3.63, 3.8) is 0 Å². The predicted octanol–water partition coefficient (Wildman–Crippen LogP) is -4.62. The smallest absolute Gasteiger partial charge is 1.00 e. The maximum absolute atomic E-state index is 8.03. The first kappa shape index (κ1) is 30.8. The van der Waals surface area contributed by atoms with Crippen LogP contribution in [0.3, 0.4) is 0 Å². The third-order valence-electron chi connectivity index (χ3n) is 1.65. The molecule has 0 spiro atoms. The second kappa shape index (κ2) is 19.3. The van der Waals surface area contributed by atoms with Crippen LogP contribution in [-0.2, 0) is 16.8 Å². The van der Waals surface area contributed by atoms with Gasteiger partial charge in [0.25, 0.3) is 0 Å². The van der Waals surface area contributed by atoms with Gasteiger partial charge in [-0.25, -0.2) is 0 Å². The molecule has 0 aromatic rings. The molecule has 0 aliphatic heterocycles. The van der Waals surface area contributed by atoms with Gasteiger partial charge < -0.3 is 45.6 Å². The minimum Gasteiger partial charge on any atom is -1.00 e. The van der Waals surface area contributed by atoms with Crippen molar-refractivity contribution in [3.05, 3.63) is 0 Å². The van der Waals surface area contributed by atoms with Crippen LogP contribution in [-0.4, -0.2) is 43.7 Å². The van der Waals surface area contributed by atoms with E-state index in [0.717, 1.165) is 0 Å². The molecule has 0 aromatic heterocycles. The zero-order valence-corrected chi connectivity index (χ0v) is 13.2. The Morgan fingerprint density at radius 2 is 0.632 bits per heavy atom. The quantitative estimate of drug-likeness (QED) is 0.224. The number of halogens is 2. The predicted molar refractivity (Wildman–Crippen MR) is 59.6 cm³/mol. The van der Waals surface area contributed by atoms with Gasteiger partial charge in [-0.2, -0.15) is 0 Å². The van der Waals surface area contributed by atoms with Crippen LogP contribution in [0.15, 0.2) is 20.6 Å². The fraction of sp³-hybridized carbons (Fsp3) is 0.500. The SMILES string of the molecule is CC(=N\O)/C(C)=N/O.CC(=N\O)/C(C)=N/O.[Cl-].[Cl-].[Co+2]. The molecule has 0 fully saturated rings. The van der Waals surface area contributed by atoms with Crippen LogP contribution in [0.4, 0.5) is 0 Å². The summed E-state index contributed by atoms with van der Waals surface area (Å²) in [6.45, 7) is 6.15. The first-order valence-corrected chi connectivity index (χ1v) is 4.19. The van der Waals surface area contributed by atoms with Gasteiger partial charge in [-0.15, -0.1) is 0 Å². The second-order valence-corrected chi connectivity index (χ2v) is 2.74. The van der Waals surface area contributed by atoms with E-state index in [4.69, 9.17) is 20.8 Å². The van der Waals surface area contributed by atoms with E-state index in [1.165, 1.54) is 27.7 Å². The molecule has 19 heavy (non-hydrogen) atoms. The van der Waals surface area contributed by atoms with Gasteiger partial charge in [0.15, 0.2) is 0 Å². The van der Waals surface area contributed by atoms with Crippen LogP contribution in [0, 0.1) is 0 Å². The maximum Gasteiger partial charge on any atom is 2.00 e. The van der Waals surface area contributed by atoms with Gasteiger partial charge in [0, 0.05) is 0 Å². The summed E-state index contributed by atoms with van der Waals surface area (Å²) in [6.07, 6.45) is 0. The fourth-order valence-corrected chi connectivity index (χ4v) is 0.289. The molecule has 0 unspecified atom stereocenters. The van der Waals surface area contributed by atoms with E-state index in [0.29, 0.717) is 22.8 Å². The molecule has 0 heterocycles. The van der Waals surface area contributed by atoms with Crippen molar-refractivity contribution >= 4 is 22.8 Å². The van der Waals surface area contributed by atoms with Crippen LogP contribution in [0.5, 0.6) is 0 Å². The van der Waals surface area contributed by atoms with Gasteiger partial charge in [0.05, 0.1) is 0 Å². The molecule has 4 N–H and O–H groups in total. The molecule has 0 atom stereocenters. The molecule has 0 saturated carbocycles. The van der Waals surface area contributed by atoms with E-state index in [1.807, 2.05) is 0 Å². The number of hydrogen-bond acceptors (Lipinski definition) is 8. The van der Waals surface area contributed by atoms with Crippen molar-refractivity contribution in [2.75, 3.05) is 0 Å². The summed E-state index contributed by atoms with van der Waals surface area (Å²) in [7, 11) is 0. The molecule has 0 aliphatic rings. The first-order valence-electron chi connectivity index (χ1n) is 4.19. The average Bonchev–Trinajstić information content (AvgIpc) is 2.35. The molecule has 0 bridgehead atoms. The van der Waals surface area contributed by atoms with Crippen molar-refractivity contribution in [1.82, 2.24) is 0 Å². The van der Waals surface area contributed by atoms with Crippen LogP contribution < -0.4 is 24.8 Å². The Kier molecular flexibility index (Phi) is 31.3. The molecule has 0 aromatic carbocycles. The molecule has 1 radical (unpaired) electrons. The van der Waals surface area contributed by atoms with Crippen LogP contribution in [0.25, 0.3) is 0 Å². The summed E-state index contributed by atoms with van der Waals surface area (Å²) >= 11 is 0. The third kappa shape index (κ3) is 17.0. The molecule has 115 valence electrons. The monoisotopic (exact) mass is 361 g/mol. The van der Waals surface area contributed by atoms with Gasteiger partial charge in [-0.05, 0) is 27.7 Å². The largest absolute Gasteiger partial charge is 2.00 e. The Hall–Kier alpha value is -1.03. The van der Waals surface area contributed by atoms with Gasteiger partial charge in [-0.1, -0.05) is 20.6 Å². The van der Waals surface area contributed by atoms with Gasteiger partial charge >= 0.3 is 16.8 Å². The zero-order chi connectivity index (χ0) is 13.1. The molecule has 0 saturated heterocycles. The van der Waals surface area contributed by atoms with E-state index in [9.17, 15) is 0 Å². The van der Waals surface area contributed by atoms with Crippen molar-refractivity contribution in [2.45, 2.75) is 27.7 Å². The zero-order valence-electron chi connectivity index (χ0n) is 10.7. The number of hydrogen-bond donors (Lipinski definition) is 4. The van der Waals surface area contributed by atoms with E-state index >= 15 is 0 Å². The van der Waals surface area contributed by atoms with Crippen LogP contribution in [0.2, 0.25) is 0 Å². The fourth-order valence-electron chi connectivity index (χ4n) is 0.289. The van der Waals surface area contributed by atoms with E-state index < -0.39 is 0 Å². The van der Waals surface area contributed by atoms with E-state index in [2.05, 4.69) is 20.6 Å². The molecule has 0 amide bonds. The number of nitrogens with zero attached hydrogens (tertiary/aromatic N) is 4. The normalized spacial score (nSPS) is 12.0. The summed E-state index contributed by atoms with van der Waals surface area (Å²) in [6, 6.07) is 0. The number of oxime groups is 4. The standard InChI is InChI=1S/2C4H8N2O2.2ClH.Co/c2*1-3(5-7)4(2)6-8;;;/h2*7-8H,1-2H3;2*1H;/q;;;;+2/p-2/b2*5-3+,6-4+;;;. The van der Waals surface area contributed by atoms with Gasteiger partial charge in [0.1, 0.15) is 22.8 Å². The Labute approximate surface area is 134 Å². The Morgan fingerprint density at radius 1 is 0.526 bits per heavy atom. The van der Waals surface area contributed by atoms with E-state index in [1.54, 1.807) is 0 Å². The van der Waals surface area contributed by atoms with Crippen molar-refractivity contribution in [2.24, 2.45) is 20.6 Å². The maximum atomic E-state index is 8.03.